The van der Waals surface area contributed by atoms with Crippen LogP contribution in [0.4, 0.5) is 13.2 Å². The maximum atomic E-state index is 11.9. The number of alkyl halides is 3. The standard InChI is InChI=1S/C7H12F3NO3S/c8-7(9,10)15(13,14)11-5-6(1-2-6)3-4-12/h11-12H,1-5H2. The van der Waals surface area contributed by atoms with Crippen LogP contribution in [0.15, 0.2) is 0 Å². The van der Waals surface area contributed by atoms with E-state index >= 15 is 0 Å². The number of hydrogen-bond acceptors (Lipinski definition) is 3. The van der Waals surface area contributed by atoms with E-state index in [0.29, 0.717) is 19.3 Å². The van der Waals surface area contributed by atoms with Gasteiger partial charge in [-0.25, -0.2) is 13.1 Å². The second-order valence-corrected chi connectivity index (χ2v) is 5.50. The summed E-state index contributed by atoms with van der Waals surface area (Å²) in [7, 11) is -5.24. The zero-order valence-electron chi connectivity index (χ0n) is 7.84. The molecule has 0 amide bonds. The van der Waals surface area contributed by atoms with Crippen molar-refractivity contribution >= 4 is 10.0 Å². The Kier molecular flexibility index (Phi) is 3.32. The van der Waals surface area contributed by atoms with Crippen LogP contribution in [0.1, 0.15) is 19.3 Å². The van der Waals surface area contributed by atoms with Crippen molar-refractivity contribution in [1.82, 2.24) is 4.72 Å². The number of halogens is 3. The molecule has 0 atom stereocenters. The molecule has 0 unspecified atom stereocenters. The number of aliphatic hydroxyl groups excluding tert-OH is 1. The van der Waals surface area contributed by atoms with Gasteiger partial charge in [-0.15, -0.1) is 0 Å². The maximum Gasteiger partial charge on any atom is 0.511 e. The van der Waals surface area contributed by atoms with Gasteiger partial charge in [-0.05, 0) is 24.7 Å². The van der Waals surface area contributed by atoms with E-state index in [1.165, 1.54) is 4.72 Å². The highest BCUT2D eigenvalue weighted by molar-refractivity contribution is 7.90. The molecule has 15 heavy (non-hydrogen) atoms. The highest BCUT2D eigenvalue weighted by atomic mass is 32.2. The van der Waals surface area contributed by atoms with Crippen molar-refractivity contribution < 1.29 is 26.7 Å². The molecular formula is C7H12F3NO3S. The van der Waals surface area contributed by atoms with Gasteiger partial charge < -0.3 is 5.11 Å². The summed E-state index contributed by atoms with van der Waals surface area (Å²) in [5, 5.41) is 8.63. The molecule has 1 fully saturated rings. The van der Waals surface area contributed by atoms with Crippen LogP contribution in [0, 0.1) is 5.41 Å². The second-order valence-electron chi connectivity index (χ2n) is 3.74. The number of hydrogen-bond donors (Lipinski definition) is 2. The fourth-order valence-electron chi connectivity index (χ4n) is 1.26. The van der Waals surface area contributed by atoms with Crippen molar-refractivity contribution in [3.8, 4) is 0 Å². The molecule has 1 saturated carbocycles. The van der Waals surface area contributed by atoms with E-state index in [1.807, 2.05) is 0 Å². The molecule has 0 aliphatic heterocycles. The molecule has 1 aliphatic carbocycles. The van der Waals surface area contributed by atoms with Gasteiger partial charge in [-0.2, -0.15) is 13.2 Å². The average Bonchev–Trinajstić information content (AvgIpc) is 2.81. The van der Waals surface area contributed by atoms with Crippen LogP contribution in [0.5, 0.6) is 0 Å². The molecule has 0 radical (unpaired) electrons. The van der Waals surface area contributed by atoms with E-state index in [1.54, 1.807) is 0 Å². The average molecular weight is 247 g/mol. The van der Waals surface area contributed by atoms with Gasteiger partial charge >= 0.3 is 15.5 Å². The second kappa shape index (κ2) is 3.91. The van der Waals surface area contributed by atoms with Crippen LogP contribution in [0.2, 0.25) is 0 Å². The first-order valence-corrected chi connectivity index (χ1v) is 5.88. The van der Waals surface area contributed by atoms with Crippen LogP contribution in [-0.4, -0.2) is 32.2 Å². The predicted molar refractivity (Wildman–Crippen MR) is 46.3 cm³/mol. The van der Waals surface area contributed by atoms with E-state index in [-0.39, 0.29) is 13.2 Å². The Morgan fingerprint density at radius 1 is 1.33 bits per heavy atom. The summed E-state index contributed by atoms with van der Waals surface area (Å²) in [6.07, 6.45) is 1.62. The Morgan fingerprint density at radius 2 is 1.87 bits per heavy atom. The normalized spacial score (nSPS) is 20.3. The summed E-state index contributed by atoms with van der Waals surface area (Å²) in [4.78, 5) is 0. The summed E-state index contributed by atoms with van der Waals surface area (Å²) < 4.78 is 58.5. The van der Waals surface area contributed by atoms with E-state index in [2.05, 4.69) is 0 Å². The van der Waals surface area contributed by atoms with Crippen molar-refractivity contribution in [3.63, 3.8) is 0 Å². The Hall–Kier alpha value is -0.340. The van der Waals surface area contributed by atoms with Crippen LogP contribution in [0.25, 0.3) is 0 Å². The van der Waals surface area contributed by atoms with Gasteiger partial charge in [0.05, 0.1) is 0 Å². The summed E-state index contributed by atoms with van der Waals surface area (Å²) in [6, 6.07) is 0. The van der Waals surface area contributed by atoms with Crippen LogP contribution >= 0.6 is 0 Å². The number of rotatable bonds is 5. The lowest BCUT2D eigenvalue weighted by Crippen LogP contribution is -2.39. The van der Waals surface area contributed by atoms with Crippen molar-refractivity contribution in [2.24, 2.45) is 5.41 Å². The lowest BCUT2D eigenvalue weighted by Gasteiger charge is -2.15. The quantitative estimate of drug-likeness (QED) is 0.747. The highest BCUT2D eigenvalue weighted by Gasteiger charge is 2.49. The highest BCUT2D eigenvalue weighted by Crippen LogP contribution is 2.48. The van der Waals surface area contributed by atoms with Crippen molar-refractivity contribution in [2.45, 2.75) is 24.8 Å². The van der Waals surface area contributed by atoms with Gasteiger partial charge in [-0.1, -0.05) is 0 Å². The topological polar surface area (TPSA) is 66.4 Å². The predicted octanol–water partition coefficient (Wildman–Crippen LogP) is 0.588. The first-order valence-electron chi connectivity index (χ1n) is 4.39. The number of nitrogens with one attached hydrogen (secondary N) is 1. The fraction of sp³-hybridized carbons (Fsp3) is 1.00. The molecule has 0 saturated heterocycles. The molecule has 8 heteroatoms. The summed E-state index contributed by atoms with van der Waals surface area (Å²) in [5.74, 6) is 0. The SMILES string of the molecule is O=S(=O)(NCC1(CCO)CC1)C(F)(F)F. The molecule has 0 aromatic rings. The molecule has 0 heterocycles. The number of sulfonamides is 1. The van der Waals surface area contributed by atoms with Gasteiger partial charge in [0.15, 0.2) is 0 Å². The summed E-state index contributed by atoms with van der Waals surface area (Å²) in [5.41, 5.74) is -5.73. The molecule has 2 N–H and O–H groups in total. The maximum absolute atomic E-state index is 11.9. The van der Waals surface area contributed by atoms with Crippen LogP contribution < -0.4 is 4.72 Å². The molecule has 0 aromatic carbocycles. The van der Waals surface area contributed by atoms with Gasteiger partial charge in [-0.3, -0.25) is 0 Å². The van der Waals surface area contributed by atoms with Gasteiger partial charge in [0.2, 0.25) is 0 Å². The first kappa shape index (κ1) is 12.7. The molecule has 1 aliphatic rings. The molecule has 1 rings (SSSR count). The third-order valence-corrected chi connectivity index (χ3v) is 3.67. The zero-order valence-corrected chi connectivity index (χ0v) is 8.66. The monoisotopic (exact) mass is 247 g/mol. The van der Waals surface area contributed by atoms with Crippen molar-refractivity contribution in [3.05, 3.63) is 0 Å². The molecule has 0 spiro atoms. The van der Waals surface area contributed by atoms with E-state index in [9.17, 15) is 21.6 Å². The minimum absolute atomic E-state index is 0.145. The van der Waals surface area contributed by atoms with Crippen LogP contribution in [0.3, 0.4) is 0 Å². The zero-order chi connectivity index (χ0) is 11.7. The number of aliphatic hydroxyl groups is 1. The Labute approximate surface area is 85.5 Å². The molecule has 4 nitrogen and oxygen atoms in total. The largest absolute Gasteiger partial charge is 0.511 e. The van der Waals surface area contributed by atoms with E-state index in [4.69, 9.17) is 5.11 Å². The van der Waals surface area contributed by atoms with Crippen molar-refractivity contribution in [1.29, 1.82) is 0 Å². The third-order valence-electron chi connectivity index (χ3n) is 2.54. The summed E-state index contributed by atoms with van der Waals surface area (Å²) >= 11 is 0. The molecule has 0 bridgehead atoms. The Balaban J connectivity index is 2.51. The van der Waals surface area contributed by atoms with Crippen molar-refractivity contribution in [2.75, 3.05) is 13.2 Å². The lowest BCUT2D eigenvalue weighted by molar-refractivity contribution is -0.0449. The Bertz CT molecular complexity index is 321. The van der Waals surface area contributed by atoms with Gasteiger partial charge in [0.1, 0.15) is 0 Å². The smallest absolute Gasteiger partial charge is 0.396 e. The van der Waals surface area contributed by atoms with Gasteiger partial charge in [0.25, 0.3) is 0 Å². The fourth-order valence-corrected chi connectivity index (χ4v) is 1.92. The van der Waals surface area contributed by atoms with Gasteiger partial charge in [0, 0.05) is 13.2 Å². The molecule has 0 aromatic heterocycles. The molecular weight excluding hydrogens is 235 g/mol. The molecule has 90 valence electrons. The minimum atomic E-state index is -5.26. The first-order chi connectivity index (χ1) is 6.72. The summed E-state index contributed by atoms with van der Waals surface area (Å²) in [6.45, 7) is -0.400. The minimum Gasteiger partial charge on any atom is -0.396 e. The van der Waals surface area contributed by atoms with Crippen LogP contribution in [-0.2, 0) is 10.0 Å². The third kappa shape index (κ3) is 3.05. The lowest BCUT2D eigenvalue weighted by atomic mass is 10.0. The van der Waals surface area contributed by atoms with E-state index < -0.39 is 20.9 Å². The Morgan fingerprint density at radius 3 is 2.20 bits per heavy atom. The van der Waals surface area contributed by atoms with E-state index in [0.717, 1.165) is 0 Å².